The first-order chi connectivity index (χ1) is 4.62. The lowest BCUT2D eigenvalue weighted by molar-refractivity contribution is 0.217. The van der Waals surface area contributed by atoms with Gasteiger partial charge in [0, 0.05) is 18.6 Å². The van der Waals surface area contributed by atoms with Gasteiger partial charge in [-0.1, -0.05) is 6.92 Å². The summed E-state index contributed by atoms with van der Waals surface area (Å²) in [7, 11) is -0.189. The van der Waals surface area contributed by atoms with Crippen molar-refractivity contribution < 1.29 is 8.95 Å². The first-order valence-corrected chi connectivity index (χ1v) is 6.19. The summed E-state index contributed by atoms with van der Waals surface area (Å²) in [5, 5.41) is 0. The Hall–Kier alpha value is 0.110. The highest BCUT2D eigenvalue weighted by atomic mass is 32.2. The fourth-order valence-corrected chi connectivity index (χ4v) is 2.61. The van der Waals surface area contributed by atoms with Gasteiger partial charge in [0.25, 0.3) is 0 Å². The molecule has 0 aromatic rings. The maximum atomic E-state index is 11.5. The molecule has 3 heteroatoms. The molecular formula is C7H18O2S. The van der Waals surface area contributed by atoms with Crippen LogP contribution in [0.25, 0.3) is 0 Å². The third-order valence-corrected chi connectivity index (χ3v) is 3.99. The summed E-state index contributed by atoms with van der Waals surface area (Å²) in [4.78, 5) is 0. The molecule has 0 unspecified atom stereocenters. The van der Waals surface area contributed by atoms with Crippen LogP contribution in [0, 0.1) is 0 Å². The van der Waals surface area contributed by atoms with Crippen molar-refractivity contribution in [3.8, 4) is 0 Å². The molecule has 0 spiro atoms. The predicted octanol–water partition coefficient (Wildman–Crippen LogP) is 0.689. The number of thiol groups is 1. The van der Waals surface area contributed by atoms with E-state index in [0.29, 0.717) is 6.61 Å². The lowest BCUT2D eigenvalue weighted by Crippen LogP contribution is -2.21. The molecule has 64 valence electrons. The minimum atomic E-state index is -1.83. The van der Waals surface area contributed by atoms with Crippen LogP contribution in [0.2, 0.25) is 0 Å². The SMILES string of the molecule is CCC[SH](C)(=O)CCOC. The van der Waals surface area contributed by atoms with Crippen LogP contribution in [0.1, 0.15) is 13.3 Å². The van der Waals surface area contributed by atoms with Crippen LogP contribution in [0.4, 0.5) is 0 Å². The number of hydrogen-bond acceptors (Lipinski definition) is 2. The maximum absolute atomic E-state index is 11.5. The van der Waals surface area contributed by atoms with Gasteiger partial charge in [-0.2, -0.15) is 0 Å². The first-order valence-electron chi connectivity index (χ1n) is 3.67. The van der Waals surface area contributed by atoms with E-state index in [-0.39, 0.29) is 0 Å². The molecule has 2 nitrogen and oxygen atoms in total. The molecule has 0 aromatic heterocycles. The maximum Gasteiger partial charge on any atom is 0.0558 e. The zero-order valence-corrected chi connectivity index (χ0v) is 7.99. The van der Waals surface area contributed by atoms with Crippen LogP contribution in [0.15, 0.2) is 0 Å². The molecule has 0 aliphatic carbocycles. The molecule has 0 saturated heterocycles. The van der Waals surface area contributed by atoms with Gasteiger partial charge in [-0.15, -0.1) is 9.93 Å². The van der Waals surface area contributed by atoms with Gasteiger partial charge in [0.05, 0.1) is 6.61 Å². The molecular weight excluding hydrogens is 148 g/mol. The first kappa shape index (κ1) is 10.1. The molecule has 0 aliphatic rings. The summed E-state index contributed by atoms with van der Waals surface area (Å²) < 4.78 is 16.3. The Morgan fingerprint density at radius 3 is 2.40 bits per heavy atom. The van der Waals surface area contributed by atoms with E-state index < -0.39 is 9.93 Å². The standard InChI is InChI=1S/C7H18O2S/c1-4-6-10(3,8)7-5-9-2/h10H,4-7H2,1-3H3. The molecule has 0 atom stereocenters. The topological polar surface area (TPSA) is 26.3 Å². The summed E-state index contributed by atoms with van der Waals surface area (Å²) in [5.74, 6) is 1.59. The van der Waals surface area contributed by atoms with Crippen molar-refractivity contribution in [2.24, 2.45) is 0 Å². The van der Waals surface area contributed by atoms with Gasteiger partial charge in [-0.25, -0.2) is 0 Å². The molecule has 0 saturated carbocycles. The van der Waals surface area contributed by atoms with Crippen LogP contribution < -0.4 is 0 Å². The molecule has 0 N–H and O–H groups in total. The molecule has 10 heavy (non-hydrogen) atoms. The van der Waals surface area contributed by atoms with Crippen molar-refractivity contribution >= 4 is 9.93 Å². The van der Waals surface area contributed by atoms with Crippen molar-refractivity contribution in [3.05, 3.63) is 0 Å². The molecule has 0 fully saturated rings. The summed E-state index contributed by atoms with van der Waals surface area (Å²) in [6.45, 7) is 2.69. The van der Waals surface area contributed by atoms with E-state index >= 15 is 0 Å². The lowest BCUT2D eigenvalue weighted by Gasteiger charge is -2.15. The van der Waals surface area contributed by atoms with E-state index in [9.17, 15) is 4.21 Å². The zero-order chi connectivity index (χ0) is 8.04. The van der Waals surface area contributed by atoms with Gasteiger partial charge in [-0.3, -0.25) is 4.21 Å². The van der Waals surface area contributed by atoms with Crippen molar-refractivity contribution in [1.29, 1.82) is 0 Å². The quantitative estimate of drug-likeness (QED) is 0.608. The second kappa shape index (κ2) is 4.85. The van der Waals surface area contributed by atoms with Gasteiger partial charge in [-0.05, 0) is 12.7 Å². The molecule has 0 radical (unpaired) electrons. The van der Waals surface area contributed by atoms with Gasteiger partial charge in [0.2, 0.25) is 0 Å². The Labute approximate surface area is 64.4 Å². The predicted molar refractivity (Wildman–Crippen MR) is 47.4 cm³/mol. The average molecular weight is 166 g/mol. The molecule has 0 aromatic carbocycles. The van der Waals surface area contributed by atoms with Crippen molar-refractivity contribution in [3.63, 3.8) is 0 Å². The fraction of sp³-hybridized carbons (Fsp3) is 1.00. The summed E-state index contributed by atoms with van der Waals surface area (Å²) in [6, 6.07) is 0. The van der Waals surface area contributed by atoms with E-state index in [0.717, 1.165) is 17.9 Å². The fourth-order valence-electron chi connectivity index (χ4n) is 0.869. The van der Waals surface area contributed by atoms with Crippen LogP contribution in [-0.2, 0) is 14.7 Å². The minimum absolute atomic E-state index is 0.633. The largest absolute Gasteiger partial charge is 0.384 e. The van der Waals surface area contributed by atoms with Gasteiger partial charge < -0.3 is 4.74 Å². The van der Waals surface area contributed by atoms with Crippen molar-refractivity contribution in [2.45, 2.75) is 13.3 Å². The number of rotatable bonds is 5. The normalized spacial score (nSPS) is 13.5. The third-order valence-electron chi connectivity index (χ3n) is 1.47. The highest BCUT2D eigenvalue weighted by molar-refractivity contribution is 8.02. The highest BCUT2D eigenvalue weighted by Crippen LogP contribution is 2.00. The number of methoxy groups -OCH3 is 1. The van der Waals surface area contributed by atoms with E-state index in [1.807, 2.05) is 6.26 Å². The minimum Gasteiger partial charge on any atom is -0.384 e. The van der Waals surface area contributed by atoms with Crippen LogP contribution in [0.3, 0.4) is 0 Å². The zero-order valence-electron chi connectivity index (χ0n) is 7.09. The Morgan fingerprint density at radius 2 is 2.00 bits per heavy atom. The van der Waals surface area contributed by atoms with E-state index in [2.05, 4.69) is 6.92 Å². The van der Waals surface area contributed by atoms with Gasteiger partial charge >= 0.3 is 0 Å². The Morgan fingerprint density at radius 1 is 1.40 bits per heavy atom. The third kappa shape index (κ3) is 4.94. The highest BCUT2D eigenvalue weighted by Gasteiger charge is 2.05. The van der Waals surface area contributed by atoms with Crippen LogP contribution >= 0.6 is 0 Å². The van der Waals surface area contributed by atoms with Gasteiger partial charge in [0.15, 0.2) is 0 Å². The van der Waals surface area contributed by atoms with Crippen molar-refractivity contribution in [2.75, 3.05) is 31.5 Å². The second-order valence-electron chi connectivity index (χ2n) is 2.74. The summed E-state index contributed by atoms with van der Waals surface area (Å²) in [5.41, 5.74) is 0. The average Bonchev–Trinajstić information content (AvgIpc) is 1.84. The monoisotopic (exact) mass is 166 g/mol. The summed E-state index contributed by atoms with van der Waals surface area (Å²) >= 11 is 0. The summed E-state index contributed by atoms with van der Waals surface area (Å²) in [6.07, 6.45) is 2.87. The number of ether oxygens (including phenoxy) is 1. The van der Waals surface area contributed by atoms with E-state index in [1.165, 1.54) is 0 Å². The van der Waals surface area contributed by atoms with Gasteiger partial charge in [0.1, 0.15) is 0 Å². The second-order valence-corrected chi connectivity index (χ2v) is 6.22. The van der Waals surface area contributed by atoms with E-state index in [4.69, 9.17) is 4.74 Å². The Balaban J connectivity index is 3.53. The molecule has 0 heterocycles. The van der Waals surface area contributed by atoms with Crippen LogP contribution in [0.5, 0.6) is 0 Å². The molecule has 0 rings (SSSR count). The van der Waals surface area contributed by atoms with Crippen molar-refractivity contribution in [1.82, 2.24) is 0 Å². The van der Waals surface area contributed by atoms with Crippen LogP contribution in [-0.4, -0.2) is 35.7 Å². The Bertz CT molecular complexity index is 123. The number of hydrogen-bond donors (Lipinski definition) is 1. The molecule has 0 bridgehead atoms. The molecule has 0 aliphatic heterocycles. The Kier molecular flexibility index (Phi) is 4.91. The van der Waals surface area contributed by atoms with E-state index in [1.54, 1.807) is 7.11 Å². The smallest absolute Gasteiger partial charge is 0.0558 e. The molecule has 0 amide bonds. The lowest BCUT2D eigenvalue weighted by atomic mass is 10.6.